The van der Waals surface area contributed by atoms with Crippen LogP contribution >= 0.6 is 11.3 Å². The van der Waals surface area contributed by atoms with Crippen LogP contribution in [0.1, 0.15) is 9.67 Å². The molecule has 2 aromatic rings. The molecular formula is C13H12FNO4S. The number of rotatable bonds is 4. The lowest BCUT2D eigenvalue weighted by Crippen LogP contribution is -2.43. The number of aliphatic hydroxyl groups is 1. The van der Waals surface area contributed by atoms with Crippen LogP contribution in [0.4, 0.5) is 4.39 Å². The highest BCUT2D eigenvalue weighted by Crippen LogP contribution is 2.27. The summed E-state index contributed by atoms with van der Waals surface area (Å²) in [7, 11) is 1.16. The first-order chi connectivity index (χ1) is 9.56. The van der Waals surface area contributed by atoms with Gasteiger partial charge in [-0.3, -0.25) is 4.79 Å². The van der Waals surface area contributed by atoms with E-state index in [-0.39, 0.29) is 4.88 Å². The molecule has 1 heterocycles. The van der Waals surface area contributed by atoms with Crippen LogP contribution in [0.5, 0.6) is 0 Å². The number of hydrogen-bond acceptors (Lipinski definition) is 5. The third-order valence-corrected chi connectivity index (χ3v) is 3.80. The molecule has 1 amide bonds. The number of methoxy groups -OCH3 is 1. The molecule has 0 spiro atoms. The van der Waals surface area contributed by atoms with Gasteiger partial charge in [-0.1, -0.05) is 6.07 Å². The number of aliphatic hydroxyl groups excluding tert-OH is 1. The molecule has 0 radical (unpaired) electrons. The van der Waals surface area contributed by atoms with Crippen LogP contribution in [-0.4, -0.2) is 36.7 Å². The smallest absolute Gasteiger partial charge is 0.330 e. The van der Waals surface area contributed by atoms with Gasteiger partial charge in [0.2, 0.25) is 0 Å². The number of benzene rings is 1. The number of nitrogens with one attached hydrogen (secondary N) is 1. The van der Waals surface area contributed by atoms with Crippen molar-refractivity contribution in [2.75, 3.05) is 13.7 Å². The van der Waals surface area contributed by atoms with Crippen LogP contribution in [-0.2, 0) is 9.53 Å². The molecule has 7 heteroatoms. The van der Waals surface area contributed by atoms with E-state index in [4.69, 9.17) is 5.11 Å². The summed E-state index contributed by atoms with van der Waals surface area (Å²) in [6.07, 6.45) is 0. The second kappa shape index (κ2) is 5.98. The summed E-state index contributed by atoms with van der Waals surface area (Å²) >= 11 is 1.11. The lowest BCUT2D eigenvalue weighted by atomic mass is 10.2. The number of esters is 1. The van der Waals surface area contributed by atoms with E-state index in [1.807, 2.05) is 0 Å². The van der Waals surface area contributed by atoms with Crippen molar-refractivity contribution in [2.24, 2.45) is 0 Å². The summed E-state index contributed by atoms with van der Waals surface area (Å²) < 4.78 is 18.6. The maximum Gasteiger partial charge on any atom is 0.330 e. The van der Waals surface area contributed by atoms with Gasteiger partial charge in [0.25, 0.3) is 5.91 Å². The normalized spacial score (nSPS) is 12.2. The van der Waals surface area contributed by atoms with Crippen molar-refractivity contribution >= 4 is 33.3 Å². The van der Waals surface area contributed by atoms with E-state index >= 15 is 0 Å². The van der Waals surface area contributed by atoms with Crippen molar-refractivity contribution in [2.45, 2.75) is 6.04 Å². The summed E-state index contributed by atoms with van der Waals surface area (Å²) in [5, 5.41) is 11.7. The topological polar surface area (TPSA) is 75.6 Å². The third kappa shape index (κ3) is 2.78. The SMILES string of the molecule is COC(=O)C(CO)NC(=O)c1cc2c(F)cccc2s1. The fourth-order valence-corrected chi connectivity index (χ4v) is 2.67. The monoisotopic (exact) mass is 297 g/mol. The largest absolute Gasteiger partial charge is 0.467 e. The zero-order chi connectivity index (χ0) is 14.7. The van der Waals surface area contributed by atoms with Crippen molar-refractivity contribution in [1.82, 2.24) is 5.32 Å². The zero-order valence-electron chi connectivity index (χ0n) is 10.6. The van der Waals surface area contributed by atoms with E-state index in [1.165, 1.54) is 12.1 Å². The number of amides is 1. The number of halogens is 1. The van der Waals surface area contributed by atoms with E-state index in [1.54, 1.807) is 12.1 Å². The minimum Gasteiger partial charge on any atom is -0.467 e. The van der Waals surface area contributed by atoms with E-state index in [2.05, 4.69) is 10.1 Å². The van der Waals surface area contributed by atoms with Gasteiger partial charge in [0.1, 0.15) is 5.82 Å². The molecule has 0 saturated heterocycles. The predicted octanol–water partition coefficient (Wildman–Crippen LogP) is 1.30. The molecule has 2 rings (SSSR count). The molecule has 0 fully saturated rings. The average molecular weight is 297 g/mol. The Labute approximate surface area is 118 Å². The maximum absolute atomic E-state index is 13.5. The van der Waals surface area contributed by atoms with Gasteiger partial charge < -0.3 is 15.2 Å². The Morgan fingerprint density at radius 3 is 2.85 bits per heavy atom. The van der Waals surface area contributed by atoms with Gasteiger partial charge in [-0.05, 0) is 18.2 Å². The number of thiophene rings is 1. The average Bonchev–Trinajstić information content (AvgIpc) is 2.89. The molecule has 0 aliphatic rings. The molecule has 1 aromatic heterocycles. The molecule has 106 valence electrons. The molecule has 5 nitrogen and oxygen atoms in total. The highest BCUT2D eigenvalue weighted by Gasteiger charge is 2.22. The van der Waals surface area contributed by atoms with Crippen LogP contribution in [0.15, 0.2) is 24.3 Å². The van der Waals surface area contributed by atoms with Crippen LogP contribution in [0.3, 0.4) is 0 Å². The number of carbonyl (C=O) groups excluding carboxylic acids is 2. The summed E-state index contributed by atoms with van der Waals surface area (Å²) in [5.41, 5.74) is 0. The van der Waals surface area contributed by atoms with Gasteiger partial charge in [-0.25, -0.2) is 9.18 Å². The second-order valence-corrected chi connectivity index (χ2v) is 5.08. The number of carbonyl (C=O) groups is 2. The Balaban J connectivity index is 2.23. The first-order valence-corrected chi connectivity index (χ1v) is 6.56. The molecule has 1 unspecified atom stereocenters. The lowest BCUT2D eigenvalue weighted by Gasteiger charge is -2.12. The maximum atomic E-state index is 13.5. The van der Waals surface area contributed by atoms with E-state index < -0.39 is 30.3 Å². The fourth-order valence-electron chi connectivity index (χ4n) is 1.69. The van der Waals surface area contributed by atoms with Gasteiger partial charge >= 0.3 is 5.97 Å². The Kier molecular flexibility index (Phi) is 4.31. The van der Waals surface area contributed by atoms with Crippen molar-refractivity contribution < 1.29 is 23.8 Å². The van der Waals surface area contributed by atoms with Crippen LogP contribution in [0.25, 0.3) is 10.1 Å². The van der Waals surface area contributed by atoms with Gasteiger partial charge in [-0.15, -0.1) is 11.3 Å². The van der Waals surface area contributed by atoms with Crippen LogP contribution in [0.2, 0.25) is 0 Å². The predicted molar refractivity (Wildman–Crippen MR) is 72.1 cm³/mol. The second-order valence-electron chi connectivity index (χ2n) is 3.99. The highest BCUT2D eigenvalue weighted by atomic mass is 32.1. The summed E-state index contributed by atoms with van der Waals surface area (Å²) in [6.45, 7) is -0.572. The Morgan fingerprint density at radius 1 is 1.50 bits per heavy atom. The molecular weight excluding hydrogens is 285 g/mol. The summed E-state index contributed by atoms with van der Waals surface area (Å²) in [6, 6.07) is 4.84. The van der Waals surface area contributed by atoms with Crippen LogP contribution < -0.4 is 5.32 Å². The molecule has 1 atom stereocenters. The summed E-state index contributed by atoms with van der Waals surface area (Å²) in [4.78, 5) is 23.5. The lowest BCUT2D eigenvalue weighted by molar-refractivity contribution is -0.143. The Bertz CT molecular complexity index is 655. The van der Waals surface area contributed by atoms with Crippen molar-refractivity contribution in [3.8, 4) is 0 Å². The van der Waals surface area contributed by atoms with Crippen LogP contribution in [0, 0.1) is 5.82 Å². The zero-order valence-corrected chi connectivity index (χ0v) is 11.4. The third-order valence-electron chi connectivity index (χ3n) is 2.71. The first-order valence-electron chi connectivity index (χ1n) is 5.74. The van der Waals surface area contributed by atoms with Crippen molar-refractivity contribution in [1.29, 1.82) is 0 Å². The quantitative estimate of drug-likeness (QED) is 0.834. The van der Waals surface area contributed by atoms with Gasteiger partial charge in [0.15, 0.2) is 6.04 Å². The fraction of sp³-hybridized carbons (Fsp3) is 0.231. The Morgan fingerprint density at radius 2 is 2.25 bits per heavy atom. The molecule has 20 heavy (non-hydrogen) atoms. The molecule has 0 aliphatic heterocycles. The molecule has 1 aromatic carbocycles. The van der Waals surface area contributed by atoms with Gasteiger partial charge in [0, 0.05) is 10.1 Å². The highest BCUT2D eigenvalue weighted by molar-refractivity contribution is 7.20. The minimum atomic E-state index is -1.14. The van der Waals surface area contributed by atoms with Crippen molar-refractivity contribution in [3.05, 3.63) is 35.0 Å². The number of fused-ring (bicyclic) bond motifs is 1. The van der Waals surface area contributed by atoms with Gasteiger partial charge in [0.05, 0.1) is 18.6 Å². The molecule has 0 saturated carbocycles. The van der Waals surface area contributed by atoms with Gasteiger partial charge in [-0.2, -0.15) is 0 Å². The van der Waals surface area contributed by atoms with E-state index in [0.29, 0.717) is 10.1 Å². The Hall–Kier alpha value is -1.99. The number of ether oxygens (including phenoxy) is 1. The molecule has 0 aliphatic carbocycles. The number of hydrogen-bond donors (Lipinski definition) is 2. The molecule has 2 N–H and O–H groups in total. The molecule has 0 bridgehead atoms. The minimum absolute atomic E-state index is 0.257. The summed E-state index contributed by atoms with van der Waals surface area (Å²) in [5.74, 6) is -1.72. The standard InChI is InChI=1S/C13H12FNO4S/c1-19-13(18)9(6-16)15-12(17)11-5-7-8(14)3-2-4-10(7)20-11/h2-5,9,16H,6H2,1H3,(H,15,17). The first kappa shape index (κ1) is 14.4. The van der Waals surface area contributed by atoms with E-state index in [9.17, 15) is 14.0 Å². The van der Waals surface area contributed by atoms with Crippen molar-refractivity contribution in [3.63, 3.8) is 0 Å². The van der Waals surface area contributed by atoms with E-state index in [0.717, 1.165) is 18.4 Å².